The van der Waals surface area contributed by atoms with Gasteiger partial charge in [-0.15, -0.1) is 0 Å². The highest BCUT2D eigenvalue weighted by Gasteiger charge is 2.62. The molecule has 1 aliphatic carbocycles. The van der Waals surface area contributed by atoms with Crippen LogP contribution in [0.2, 0.25) is 0 Å². The van der Waals surface area contributed by atoms with Gasteiger partial charge in [0.2, 0.25) is 5.82 Å². The van der Waals surface area contributed by atoms with Crippen LogP contribution < -0.4 is 0 Å². The second-order valence-corrected chi connectivity index (χ2v) is 13.2. The fourth-order valence-electron chi connectivity index (χ4n) is 6.80. The summed E-state index contributed by atoms with van der Waals surface area (Å²) in [7, 11) is 0. The van der Waals surface area contributed by atoms with Crippen LogP contribution >= 0.6 is 0 Å². The molecule has 0 bridgehead atoms. The highest BCUT2D eigenvalue weighted by Crippen LogP contribution is 2.41. The maximum absolute atomic E-state index is 13.7. The van der Waals surface area contributed by atoms with Crippen molar-refractivity contribution in [2.45, 2.75) is 88.4 Å². The van der Waals surface area contributed by atoms with Crippen LogP contribution in [0.25, 0.3) is 10.9 Å². The number of aromatic nitrogens is 3. The number of nitrogens with one attached hydrogen (secondary N) is 2. The van der Waals surface area contributed by atoms with Gasteiger partial charge in [-0.05, 0) is 61.8 Å². The first-order chi connectivity index (χ1) is 24.9. The van der Waals surface area contributed by atoms with Gasteiger partial charge in [-0.3, -0.25) is 0 Å². The fraction of sp³-hybridized carbons (Fsp3) is 0.400. The lowest BCUT2D eigenvalue weighted by Crippen LogP contribution is -2.73. The van der Waals surface area contributed by atoms with E-state index in [-0.39, 0.29) is 38.7 Å². The molecule has 0 spiro atoms. The van der Waals surface area contributed by atoms with Gasteiger partial charge in [0.1, 0.15) is 30.0 Å². The molecule has 3 aromatic carbocycles. The zero-order chi connectivity index (χ0) is 35.6. The van der Waals surface area contributed by atoms with Crippen LogP contribution in [-0.4, -0.2) is 85.6 Å². The van der Waals surface area contributed by atoms with Crippen molar-refractivity contribution in [3.63, 3.8) is 0 Å². The Hall–Kier alpha value is -4.36. The highest BCUT2D eigenvalue weighted by molar-refractivity contribution is 5.85. The minimum absolute atomic E-state index is 0.00607. The third kappa shape index (κ3) is 8.75. The zero-order valence-corrected chi connectivity index (χ0v) is 28.8. The van der Waals surface area contributed by atoms with Crippen LogP contribution in [0.15, 0.2) is 97.3 Å². The van der Waals surface area contributed by atoms with E-state index in [0.29, 0.717) is 25.0 Å². The van der Waals surface area contributed by atoms with Crippen LogP contribution in [0.1, 0.15) is 58.7 Å². The highest BCUT2D eigenvalue weighted by atomic mass is 16.6. The second-order valence-electron chi connectivity index (χ2n) is 13.2. The number of carbonyl (C=O) groups is 1. The molecule has 51 heavy (non-hydrogen) atoms. The van der Waals surface area contributed by atoms with Crippen LogP contribution in [0.5, 0.6) is 0 Å². The predicted octanol–water partition coefficient (Wildman–Crippen LogP) is 5.18. The number of fused-ring (bicyclic) bond motifs is 1. The van der Waals surface area contributed by atoms with E-state index in [0.717, 1.165) is 34.0 Å². The molecule has 6 atom stereocenters. The minimum atomic E-state index is -2.04. The molecule has 6 unspecified atom stereocenters. The largest absolute Gasteiger partial charge is 0.450 e. The van der Waals surface area contributed by atoms with E-state index >= 15 is 0 Å². The smallest absolute Gasteiger partial charge is 0.374 e. The molecule has 270 valence electrons. The standard InChI is InChI=1S/C40H47N3O8/c1-27-23-42-38(43-27)39(46)51-37-35(50-26-29-15-7-3-8-16-29)33(49-25-28-13-5-2-6-14-28)34(48-22-12-4-11-21-44)36(45)40(37,47)20-19-30-24-41-32-18-10-9-17-31(30)32/h2-3,5-10,13-18,23-24,33-37,41,44-45,47H,4,11-12,19-22,25-26H2,1H3,(H,42,43). The molecular formula is C40H47N3O8. The summed E-state index contributed by atoms with van der Waals surface area (Å²) in [6.07, 6.45) is -0.329. The number of rotatable bonds is 17. The molecule has 11 heteroatoms. The van der Waals surface area contributed by atoms with E-state index in [4.69, 9.17) is 18.9 Å². The first-order valence-corrected chi connectivity index (χ1v) is 17.6. The van der Waals surface area contributed by atoms with Crippen molar-refractivity contribution >= 4 is 16.9 Å². The normalized spacial score (nSPS) is 23.4. The van der Waals surface area contributed by atoms with Crippen molar-refractivity contribution in [1.29, 1.82) is 0 Å². The van der Waals surface area contributed by atoms with Gasteiger partial charge < -0.3 is 44.2 Å². The number of esters is 1. The van der Waals surface area contributed by atoms with Gasteiger partial charge in [0.15, 0.2) is 6.10 Å². The molecule has 1 aliphatic rings. The Kier molecular flexibility index (Phi) is 12.3. The number of para-hydroxylation sites is 1. The summed E-state index contributed by atoms with van der Waals surface area (Å²) < 4.78 is 25.8. The Morgan fingerprint density at radius 2 is 1.51 bits per heavy atom. The number of aliphatic hydroxyl groups excluding tert-OH is 2. The Bertz CT molecular complexity index is 1810. The molecule has 2 aromatic heterocycles. The molecular weight excluding hydrogens is 650 g/mol. The molecule has 5 N–H and O–H groups in total. The predicted molar refractivity (Wildman–Crippen MR) is 191 cm³/mol. The van der Waals surface area contributed by atoms with Crippen LogP contribution in [0.3, 0.4) is 0 Å². The van der Waals surface area contributed by atoms with Crippen molar-refractivity contribution in [1.82, 2.24) is 15.0 Å². The lowest BCUT2D eigenvalue weighted by molar-refractivity contribution is -0.296. The van der Waals surface area contributed by atoms with Crippen LogP contribution in [0, 0.1) is 6.92 Å². The number of aryl methyl sites for hydroxylation is 2. The molecule has 11 nitrogen and oxygen atoms in total. The number of hydrogen-bond acceptors (Lipinski definition) is 9. The number of ether oxygens (including phenoxy) is 4. The Balaban J connectivity index is 1.39. The summed E-state index contributed by atoms with van der Waals surface area (Å²) in [5.74, 6) is -0.837. The van der Waals surface area contributed by atoms with Gasteiger partial charge in [-0.25, -0.2) is 9.78 Å². The van der Waals surface area contributed by atoms with Crippen molar-refractivity contribution in [2.75, 3.05) is 13.2 Å². The van der Waals surface area contributed by atoms with Crippen molar-refractivity contribution in [3.8, 4) is 0 Å². The summed E-state index contributed by atoms with van der Waals surface area (Å²) in [4.78, 5) is 24.1. The van der Waals surface area contributed by atoms with Gasteiger partial charge in [0, 0.05) is 42.2 Å². The van der Waals surface area contributed by atoms with Gasteiger partial charge in [0.05, 0.1) is 13.2 Å². The Morgan fingerprint density at radius 3 is 2.18 bits per heavy atom. The van der Waals surface area contributed by atoms with E-state index < -0.39 is 42.1 Å². The number of unbranched alkanes of at least 4 members (excludes halogenated alkanes) is 2. The van der Waals surface area contributed by atoms with E-state index in [1.807, 2.05) is 91.1 Å². The quantitative estimate of drug-likeness (QED) is 0.0652. The maximum Gasteiger partial charge on any atom is 0.374 e. The monoisotopic (exact) mass is 697 g/mol. The summed E-state index contributed by atoms with van der Waals surface area (Å²) in [6.45, 7) is 2.35. The number of hydrogen-bond donors (Lipinski definition) is 5. The SMILES string of the molecule is Cc1cnc(C(=O)OC2C(OCc3ccccc3)C(OCc3ccccc3)C(OCCCCCO)C(O)C2(O)CCc2c[nH]c3ccccc23)[nH]1. The number of benzene rings is 3. The van der Waals surface area contributed by atoms with Crippen molar-refractivity contribution < 1.29 is 39.1 Å². The Morgan fingerprint density at radius 1 is 0.843 bits per heavy atom. The number of aliphatic hydroxyl groups is 3. The van der Waals surface area contributed by atoms with Gasteiger partial charge in [0.25, 0.3) is 0 Å². The molecule has 0 saturated heterocycles. The van der Waals surface area contributed by atoms with Gasteiger partial charge in [-0.2, -0.15) is 0 Å². The number of H-pyrrole nitrogens is 2. The second kappa shape index (κ2) is 17.2. The molecule has 6 rings (SSSR count). The lowest BCUT2D eigenvalue weighted by atomic mass is 9.71. The van der Waals surface area contributed by atoms with Crippen molar-refractivity contribution in [3.05, 3.63) is 126 Å². The molecule has 1 fully saturated rings. The topological polar surface area (TPSA) is 159 Å². The third-order valence-electron chi connectivity index (χ3n) is 9.55. The van der Waals surface area contributed by atoms with E-state index in [9.17, 15) is 20.1 Å². The first kappa shape index (κ1) is 36.4. The maximum atomic E-state index is 13.7. The molecule has 2 heterocycles. The molecule has 0 amide bonds. The molecule has 1 saturated carbocycles. The summed E-state index contributed by atoms with van der Waals surface area (Å²) >= 11 is 0. The van der Waals surface area contributed by atoms with E-state index in [1.165, 1.54) is 6.20 Å². The lowest BCUT2D eigenvalue weighted by Gasteiger charge is -2.52. The minimum Gasteiger partial charge on any atom is -0.450 e. The Labute approximate surface area is 297 Å². The van der Waals surface area contributed by atoms with E-state index in [2.05, 4.69) is 15.0 Å². The molecule has 5 aromatic rings. The summed E-state index contributed by atoms with van der Waals surface area (Å²) in [5.41, 5.74) is 2.25. The van der Waals surface area contributed by atoms with Crippen LogP contribution in [0.4, 0.5) is 0 Å². The summed E-state index contributed by atoms with van der Waals surface area (Å²) in [5, 5.41) is 35.4. The fourth-order valence-corrected chi connectivity index (χ4v) is 6.80. The zero-order valence-electron chi connectivity index (χ0n) is 28.8. The third-order valence-corrected chi connectivity index (χ3v) is 9.55. The summed E-state index contributed by atoms with van der Waals surface area (Å²) in [6, 6.07) is 27.0. The first-order valence-electron chi connectivity index (χ1n) is 17.6. The van der Waals surface area contributed by atoms with Crippen molar-refractivity contribution in [2.24, 2.45) is 0 Å². The average Bonchev–Trinajstić information content (AvgIpc) is 3.79. The van der Waals surface area contributed by atoms with Gasteiger partial charge >= 0.3 is 5.97 Å². The number of imidazole rings is 1. The molecule has 0 radical (unpaired) electrons. The number of aromatic amines is 2. The van der Waals surface area contributed by atoms with Gasteiger partial charge in [-0.1, -0.05) is 78.9 Å². The number of carbonyl (C=O) groups excluding carboxylic acids is 1. The molecule has 0 aliphatic heterocycles. The van der Waals surface area contributed by atoms with E-state index in [1.54, 1.807) is 6.92 Å². The average molecular weight is 698 g/mol. The van der Waals surface area contributed by atoms with Crippen LogP contribution in [-0.2, 0) is 38.6 Å². The number of nitrogens with zero attached hydrogens (tertiary/aromatic N) is 1.